The maximum absolute atomic E-state index is 11.9. The summed E-state index contributed by atoms with van der Waals surface area (Å²) < 4.78 is 10.0. The largest absolute Gasteiger partial charge is 0.456 e. The highest BCUT2D eigenvalue weighted by atomic mass is 16.6. The Morgan fingerprint density at radius 1 is 1.12 bits per heavy atom. The minimum atomic E-state index is -0.587. The fourth-order valence-electron chi connectivity index (χ4n) is 2.83. The summed E-state index contributed by atoms with van der Waals surface area (Å²) in [6.07, 6.45) is 2.66. The summed E-state index contributed by atoms with van der Waals surface area (Å²) in [5, 5.41) is 5.42. The molecule has 1 rings (SSSR count). The normalized spacial score (nSPS) is 23.5. The minimum absolute atomic E-state index is 0.0105. The summed E-state index contributed by atoms with van der Waals surface area (Å²) in [6.45, 7) is 9.42. The van der Waals surface area contributed by atoms with Crippen LogP contribution in [0.15, 0.2) is 0 Å². The number of alkyl carbamates (subject to hydrolysis) is 1. The van der Waals surface area contributed by atoms with Crippen molar-refractivity contribution < 1.29 is 23.9 Å². The second kappa shape index (κ2) is 9.63. The van der Waals surface area contributed by atoms with Gasteiger partial charge in [-0.3, -0.25) is 9.59 Å². The first-order valence-corrected chi connectivity index (χ1v) is 9.00. The second-order valence-corrected chi connectivity index (χ2v) is 7.78. The average Bonchev–Trinajstić information content (AvgIpc) is 2.48. The molecule has 2 N–H and O–H groups in total. The van der Waals surface area contributed by atoms with Gasteiger partial charge in [-0.2, -0.15) is 0 Å². The molecule has 1 saturated carbocycles. The molecule has 3 atom stereocenters. The predicted octanol–water partition coefficient (Wildman–Crippen LogP) is 2.39. The van der Waals surface area contributed by atoms with Crippen LogP contribution in [0.1, 0.15) is 60.3 Å². The lowest BCUT2D eigenvalue weighted by Crippen LogP contribution is -2.45. The molecule has 1 aliphatic rings. The Balaban J connectivity index is 2.19. The highest BCUT2D eigenvalue weighted by molar-refractivity contribution is 5.81. The number of carbonyl (C=O) groups is 3. The van der Waals surface area contributed by atoms with Gasteiger partial charge in [0.15, 0.2) is 6.61 Å². The third kappa shape index (κ3) is 8.74. The molecule has 0 spiro atoms. The van der Waals surface area contributed by atoms with Crippen molar-refractivity contribution >= 4 is 18.0 Å². The molecule has 0 bridgehead atoms. The molecule has 2 amide bonds. The Morgan fingerprint density at radius 3 is 2.44 bits per heavy atom. The molecule has 0 aromatic heterocycles. The topological polar surface area (TPSA) is 93.7 Å². The Hall–Kier alpha value is -1.79. The van der Waals surface area contributed by atoms with E-state index in [1.165, 1.54) is 6.42 Å². The van der Waals surface area contributed by atoms with Gasteiger partial charge >= 0.3 is 12.1 Å². The van der Waals surface area contributed by atoms with Gasteiger partial charge < -0.3 is 20.1 Å². The third-order valence-electron chi connectivity index (χ3n) is 4.41. The lowest BCUT2D eigenvalue weighted by Gasteiger charge is -2.34. The van der Waals surface area contributed by atoms with Gasteiger partial charge in [0.2, 0.25) is 0 Å². The number of hydrogen-bond donors (Lipinski definition) is 2. The fraction of sp³-hybridized carbons (Fsp3) is 0.833. The van der Waals surface area contributed by atoms with E-state index in [9.17, 15) is 14.4 Å². The monoisotopic (exact) mass is 356 g/mol. The van der Waals surface area contributed by atoms with Crippen LogP contribution in [0.4, 0.5) is 4.79 Å². The van der Waals surface area contributed by atoms with Gasteiger partial charge in [-0.1, -0.05) is 26.7 Å². The molecule has 0 aromatic rings. The molecule has 7 nitrogen and oxygen atoms in total. The lowest BCUT2D eigenvalue weighted by atomic mass is 9.78. The zero-order chi connectivity index (χ0) is 19.0. The molecule has 0 aliphatic heterocycles. The zero-order valence-electron chi connectivity index (χ0n) is 16.0. The summed E-state index contributed by atoms with van der Waals surface area (Å²) in [5.41, 5.74) is -0.587. The molecule has 144 valence electrons. The van der Waals surface area contributed by atoms with Gasteiger partial charge in [-0.15, -0.1) is 0 Å². The fourth-order valence-corrected chi connectivity index (χ4v) is 2.83. The molecule has 1 aliphatic carbocycles. The molecule has 0 aromatic carbocycles. The number of nitrogens with one attached hydrogen (secondary N) is 2. The van der Waals surface area contributed by atoms with Crippen molar-refractivity contribution in [3.63, 3.8) is 0 Å². The Kier molecular flexibility index (Phi) is 8.19. The van der Waals surface area contributed by atoms with Crippen LogP contribution >= 0.6 is 0 Å². The summed E-state index contributed by atoms with van der Waals surface area (Å²) in [5.74, 6) is 0.197. The predicted molar refractivity (Wildman–Crippen MR) is 93.9 cm³/mol. The molecule has 0 unspecified atom stereocenters. The molecule has 7 heteroatoms. The van der Waals surface area contributed by atoms with Crippen molar-refractivity contribution in [3.05, 3.63) is 0 Å². The van der Waals surface area contributed by atoms with Crippen LogP contribution in [0.3, 0.4) is 0 Å². The maximum Gasteiger partial charge on any atom is 0.407 e. The number of esters is 1. The standard InChI is InChI=1S/C18H32N2O5/c1-12-7-6-8-14(13(12)2)20-15(21)11-24-16(22)9-10-19-17(23)25-18(3,4)5/h12-14H,6-11H2,1-5H3,(H,19,23)(H,20,21)/t12-,13-,14+/m1/s1. The summed E-state index contributed by atoms with van der Waals surface area (Å²) >= 11 is 0. The third-order valence-corrected chi connectivity index (χ3v) is 4.41. The van der Waals surface area contributed by atoms with Crippen LogP contribution in [-0.4, -0.2) is 42.8 Å². The van der Waals surface area contributed by atoms with E-state index in [0.717, 1.165) is 12.8 Å². The first kappa shape index (κ1) is 21.3. The van der Waals surface area contributed by atoms with Crippen LogP contribution in [0.2, 0.25) is 0 Å². The average molecular weight is 356 g/mol. The van der Waals surface area contributed by atoms with Gasteiger partial charge in [0, 0.05) is 12.6 Å². The lowest BCUT2D eigenvalue weighted by molar-refractivity contribution is -0.148. The Labute approximate surface area is 150 Å². The van der Waals surface area contributed by atoms with Crippen molar-refractivity contribution in [3.8, 4) is 0 Å². The zero-order valence-corrected chi connectivity index (χ0v) is 16.0. The van der Waals surface area contributed by atoms with Gasteiger partial charge in [0.1, 0.15) is 5.60 Å². The number of carbonyl (C=O) groups excluding carboxylic acids is 3. The van der Waals surface area contributed by atoms with E-state index in [2.05, 4.69) is 24.5 Å². The van der Waals surface area contributed by atoms with Crippen LogP contribution in [0.25, 0.3) is 0 Å². The smallest absolute Gasteiger partial charge is 0.407 e. The van der Waals surface area contributed by atoms with Crippen molar-refractivity contribution in [1.29, 1.82) is 0 Å². The van der Waals surface area contributed by atoms with Crippen LogP contribution in [0.5, 0.6) is 0 Å². The van der Waals surface area contributed by atoms with E-state index < -0.39 is 17.7 Å². The van der Waals surface area contributed by atoms with Gasteiger partial charge in [-0.25, -0.2) is 4.79 Å². The number of hydrogen-bond acceptors (Lipinski definition) is 5. The maximum atomic E-state index is 11.9. The van der Waals surface area contributed by atoms with Crippen molar-refractivity contribution in [2.45, 2.75) is 71.9 Å². The van der Waals surface area contributed by atoms with E-state index in [4.69, 9.17) is 9.47 Å². The first-order chi connectivity index (χ1) is 11.6. The van der Waals surface area contributed by atoms with E-state index in [-0.39, 0.29) is 31.5 Å². The molecule has 1 fully saturated rings. The number of rotatable bonds is 6. The highest BCUT2D eigenvalue weighted by Gasteiger charge is 2.28. The van der Waals surface area contributed by atoms with E-state index >= 15 is 0 Å². The molecule has 0 heterocycles. The summed E-state index contributed by atoms with van der Waals surface area (Å²) in [4.78, 5) is 35.0. The van der Waals surface area contributed by atoms with Crippen molar-refractivity contribution in [2.75, 3.05) is 13.2 Å². The van der Waals surface area contributed by atoms with E-state index in [1.807, 2.05) is 0 Å². The van der Waals surface area contributed by atoms with Crippen LogP contribution in [-0.2, 0) is 19.1 Å². The Morgan fingerprint density at radius 2 is 1.80 bits per heavy atom. The van der Waals surface area contributed by atoms with Gasteiger partial charge in [0.25, 0.3) is 5.91 Å². The molecular weight excluding hydrogens is 324 g/mol. The Bertz CT molecular complexity index is 473. The SMILES string of the molecule is C[C@@H]1[C@H](C)CCC[C@@H]1NC(=O)COC(=O)CCNC(=O)OC(C)(C)C. The van der Waals surface area contributed by atoms with Crippen LogP contribution in [0, 0.1) is 11.8 Å². The van der Waals surface area contributed by atoms with Gasteiger partial charge in [-0.05, 0) is 39.0 Å². The quantitative estimate of drug-likeness (QED) is 0.713. The van der Waals surface area contributed by atoms with E-state index in [0.29, 0.717) is 11.8 Å². The molecule has 25 heavy (non-hydrogen) atoms. The minimum Gasteiger partial charge on any atom is -0.456 e. The van der Waals surface area contributed by atoms with Crippen molar-refractivity contribution in [2.24, 2.45) is 11.8 Å². The number of ether oxygens (including phenoxy) is 2. The van der Waals surface area contributed by atoms with Crippen molar-refractivity contribution in [1.82, 2.24) is 10.6 Å². The van der Waals surface area contributed by atoms with Gasteiger partial charge in [0.05, 0.1) is 6.42 Å². The number of amides is 2. The van der Waals surface area contributed by atoms with E-state index in [1.54, 1.807) is 20.8 Å². The first-order valence-electron chi connectivity index (χ1n) is 9.00. The highest BCUT2D eigenvalue weighted by Crippen LogP contribution is 2.29. The van der Waals surface area contributed by atoms with Crippen LogP contribution < -0.4 is 10.6 Å². The summed E-state index contributed by atoms with van der Waals surface area (Å²) in [6, 6.07) is 0.142. The molecular formula is C18H32N2O5. The summed E-state index contributed by atoms with van der Waals surface area (Å²) in [7, 11) is 0. The second-order valence-electron chi connectivity index (χ2n) is 7.78. The molecule has 0 radical (unpaired) electrons. The molecule has 0 saturated heterocycles.